The molecule has 1 unspecified atom stereocenters. The fourth-order valence-corrected chi connectivity index (χ4v) is 3.34. The molecular formula is C14H31NS. The third-order valence-corrected chi connectivity index (χ3v) is 4.10. The minimum absolute atomic E-state index is 0.263. The first-order valence-electron chi connectivity index (χ1n) is 6.91. The number of rotatable bonds is 10. The van der Waals surface area contributed by atoms with Gasteiger partial charge < -0.3 is 5.73 Å². The Labute approximate surface area is 107 Å². The lowest BCUT2D eigenvalue weighted by atomic mass is 10.0. The molecule has 0 aliphatic rings. The fraction of sp³-hybridized carbons (Fsp3) is 1.00. The van der Waals surface area contributed by atoms with Crippen LogP contribution in [-0.4, -0.2) is 10.1 Å². The van der Waals surface area contributed by atoms with E-state index in [0.717, 1.165) is 0 Å². The molecule has 0 bridgehead atoms. The Morgan fingerprint density at radius 3 is 2.00 bits per heavy atom. The Kier molecular flexibility index (Phi) is 9.53. The first-order valence-corrected chi connectivity index (χ1v) is 7.79. The number of hydrogen-bond acceptors (Lipinski definition) is 2. The van der Waals surface area contributed by atoms with Crippen LogP contribution in [0.25, 0.3) is 0 Å². The van der Waals surface area contributed by atoms with Crippen LogP contribution in [0.4, 0.5) is 0 Å². The average molecular weight is 245 g/mol. The summed E-state index contributed by atoms with van der Waals surface area (Å²) in [5.41, 5.74) is 5.83. The molecule has 0 fully saturated rings. The predicted octanol–water partition coefficient (Wildman–Crippen LogP) is 4.94. The standard InChI is InChI=1S/C14H31NS/c1-5-6-7-8-9-10-11-12-14(3,4)16-13(2)15/h13H,5-12,15H2,1-4H3. The van der Waals surface area contributed by atoms with Crippen LogP contribution < -0.4 is 5.73 Å². The number of nitrogens with two attached hydrogens (primary N) is 1. The van der Waals surface area contributed by atoms with Crippen LogP contribution in [0.2, 0.25) is 0 Å². The molecule has 0 amide bonds. The zero-order chi connectivity index (χ0) is 12.4. The second kappa shape index (κ2) is 9.35. The largest absolute Gasteiger partial charge is 0.320 e. The summed E-state index contributed by atoms with van der Waals surface area (Å²) in [6.07, 6.45) is 11.1. The van der Waals surface area contributed by atoms with Crippen molar-refractivity contribution in [2.24, 2.45) is 5.73 Å². The molecular weight excluding hydrogens is 214 g/mol. The van der Waals surface area contributed by atoms with E-state index in [1.165, 1.54) is 51.4 Å². The van der Waals surface area contributed by atoms with Gasteiger partial charge in [-0.25, -0.2) is 0 Å². The van der Waals surface area contributed by atoms with Gasteiger partial charge in [-0.3, -0.25) is 0 Å². The van der Waals surface area contributed by atoms with Gasteiger partial charge in [0.05, 0.1) is 0 Å². The highest BCUT2D eigenvalue weighted by Crippen LogP contribution is 2.31. The molecule has 16 heavy (non-hydrogen) atoms. The zero-order valence-corrected chi connectivity index (χ0v) is 12.5. The van der Waals surface area contributed by atoms with Gasteiger partial charge in [-0.05, 0) is 13.3 Å². The molecule has 0 aliphatic carbocycles. The Morgan fingerprint density at radius 2 is 1.50 bits per heavy atom. The number of thioether (sulfide) groups is 1. The van der Waals surface area contributed by atoms with Crippen LogP contribution in [0.3, 0.4) is 0 Å². The fourth-order valence-electron chi connectivity index (χ4n) is 2.07. The molecule has 0 aromatic rings. The SMILES string of the molecule is CCCCCCCCCC(C)(C)SC(C)N. The monoisotopic (exact) mass is 245 g/mol. The van der Waals surface area contributed by atoms with Gasteiger partial charge in [0.25, 0.3) is 0 Å². The van der Waals surface area contributed by atoms with Crippen LogP contribution >= 0.6 is 11.8 Å². The highest BCUT2D eigenvalue weighted by atomic mass is 32.2. The molecule has 0 saturated carbocycles. The van der Waals surface area contributed by atoms with E-state index in [-0.39, 0.29) is 5.37 Å². The first kappa shape index (κ1) is 16.3. The summed E-state index contributed by atoms with van der Waals surface area (Å²) in [6.45, 7) is 8.99. The van der Waals surface area contributed by atoms with Crippen molar-refractivity contribution in [3.63, 3.8) is 0 Å². The predicted molar refractivity (Wildman–Crippen MR) is 77.9 cm³/mol. The Hall–Kier alpha value is 0.310. The molecule has 2 N–H and O–H groups in total. The van der Waals surface area contributed by atoms with Crippen molar-refractivity contribution < 1.29 is 0 Å². The minimum atomic E-state index is 0.263. The maximum atomic E-state index is 5.83. The lowest BCUT2D eigenvalue weighted by Crippen LogP contribution is -2.23. The molecule has 0 saturated heterocycles. The second-order valence-corrected chi connectivity index (χ2v) is 7.54. The summed E-state index contributed by atoms with van der Waals surface area (Å²) in [5.74, 6) is 0. The van der Waals surface area contributed by atoms with Crippen molar-refractivity contribution in [3.8, 4) is 0 Å². The molecule has 98 valence electrons. The van der Waals surface area contributed by atoms with E-state index in [4.69, 9.17) is 5.73 Å². The Morgan fingerprint density at radius 1 is 1.00 bits per heavy atom. The maximum absolute atomic E-state index is 5.83. The number of hydrogen-bond donors (Lipinski definition) is 1. The lowest BCUT2D eigenvalue weighted by Gasteiger charge is -2.26. The minimum Gasteiger partial charge on any atom is -0.320 e. The zero-order valence-electron chi connectivity index (χ0n) is 11.7. The molecule has 0 aliphatic heterocycles. The van der Waals surface area contributed by atoms with Gasteiger partial charge in [0.15, 0.2) is 0 Å². The third-order valence-electron chi connectivity index (χ3n) is 2.89. The van der Waals surface area contributed by atoms with Crippen molar-refractivity contribution >= 4 is 11.8 Å². The molecule has 0 spiro atoms. The van der Waals surface area contributed by atoms with E-state index in [1.54, 1.807) is 0 Å². The Balaban J connectivity index is 3.36. The molecule has 1 nitrogen and oxygen atoms in total. The highest BCUT2D eigenvalue weighted by molar-refractivity contribution is 8.01. The summed E-state index contributed by atoms with van der Waals surface area (Å²) in [7, 11) is 0. The van der Waals surface area contributed by atoms with Crippen molar-refractivity contribution in [1.29, 1.82) is 0 Å². The molecule has 0 aromatic carbocycles. The molecule has 0 aromatic heterocycles. The molecule has 0 radical (unpaired) electrons. The van der Waals surface area contributed by atoms with Crippen LogP contribution in [0.1, 0.15) is 79.1 Å². The van der Waals surface area contributed by atoms with Crippen LogP contribution in [0.15, 0.2) is 0 Å². The lowest BCUT2D eigenvalue weighted by molar-refractivity contribution is 0.535. The molecule has 2 heteroatoms. The van der Waals surface area contributed by atoms with Gasteiger partial charge in [-0.1, -0.05) is 65.7 Å². The van der Waals surface area contributed by atoms with Crippen molar-refractivity contribution in [2.75, 3.05) is 0 Å². The van der Waals surface area contributed by atoms with Crippen molar-refractivity contribution in [1.82, 2.24) is 0 Å². The quantitative estimate of drug-likeness (QED) is 0.435. The summed E-state index contributed by atoms with van der Waals surface area (Å²) in [6, 6.07) is 0. The summed E-state index contributed by atoms with van der Waals surface area (Å²) >= 11 is 1.91. The van der Waals surface area contributed by atoms with E-state index in [9.17, 15) is 0 Å². The number of unbranched alkanes of at least 4 members (excludes halogenated alkanes) is 6. The van der Waals surface area contributed by atoms with Gasteiger partial charge in [0.1, 0.15) is 0 Å². The van der Waals surface area contributed by atoms with E-state index in [0.29, 0.717) is 4.75 Å². The average Bonchev–Trinajstić information content (AvgIpc) is 2.14. The van der Waals surface area contributed by atoms with E-state index in [2.05, 4.69) is 27.7 Å². The van der Waals surface area contributed by atoms with E-state index >= 15 is 0 Å². The molecule has 0 rings (SSSR count). The molecule has 0 heterocycles. The van der Waals surface area contributed by atoms with Gasteiger partial charge in [0.2, 0.25) is 0 Å². The van der Waals surface area contributed by atoms with Gasteiger partial charge in [0, 0.05) is 10.1 Å². The van der Waals surface area contributed by atoms with Crippen molar-refractivity contribution in [2.45, 2.75) is 89.2 Å². The first-order chi connectivity index (χ1) is 7.48. The maximum Gasteiger partial charge on any atom is 0.0483 e. The third kappa shape index (κ3) is 10.8. The summed E-state index contributed by atoms with van der Waals surface area (Å²) in [4.78, 5) is 0. The van der Waals surface area contributed by atoms with E-state index < -0.39 is 0 Å². The molecule has 1 atom stereocenters. The van der Waals surface area contributed by atoms with Crippen LogP contribution in [-0.2, 0) is 0 Å². The van der Waals surface area contributed by atoms with E-state index in [1.807, 2.05) is 11.8 Å². The van der Waals surface area contributed by atoms with Crippen molar-refractivity contribution in [3.05, 3.63) is 0 Å². The van der Waals surface area contributed by atoms with Crippen LogP contribution in [0, 0.1) is 0 Å². The smallest absolute Gasteiger partial charge is 0.0483 e. The summed E-state index contributed by atoms with van der Waals surface area (Å²) < 4.78 is 0.359. The highest BCUT2D eigenvalue weighted by Gasteiger charge is 2.19. The van der Waals surface area contributed by atoms with Gasteiger partial charge >= 0.3 is 0 Å². The summed E-state index contributed by atoms with van der Waals surface area (Å²) in [5, 5.41) is 0.263. The van der Waals surface area contributed by atoms with Gasteiger partial charge in [-0.15, -0.1) is 11.8 Å². The van der Waals surface area contributed by atoms with Crippen LogP contribution in [0.5, 0.6) is 0 Å². The normalized spacial score (nSPS) is 14.1. The second-order valence-electron chi connectivity index (χ2n) is 5.45. The topological polar surface area (TPSA) is 26.0 Å². The van der Waals surface area contributed by atoms with Gasteiger partial charge in [-0.2, -0.15) is 0 Å². The Bertz CT molecular complexity index is 155.